The van der Waals surface area contributed by atoms with Gasteiger partial charge in [-0.1, -0.05) is 6.08 Å². The lowest BCUT2D eigenvalue weighted by atomic mass is 10.1. The van der Waals surface area contributed by atoms with E-state index in [2.05, 4.69) is 0 Å². The van der Waals surface area contributed by atoms with E-state index in [1.165, 1.54) is 38.4 Å². The summed E-state index contributed by atoms with van der Waals surface area (Å²) < 4.78 is 15.8. The second kappa shape index (κ2) is 7.49. The molecule has 1 aliphatic heterocycles. The molecule has 6 heteroatoms. The lowest BCUT2D eigenvalue weighted by Crippen LogP contribution is -2.37. The molecular formula is C17H19NO5. The molecule has 1 aliphatic rings. The van der Waals surface area contributed by atoms with Gasteiger partial charge in [-0.05, 0) is 36.3 Å². The molecule has 0 atom stereocenters. The zero-order valence-electron chi connectivity index (χ0n) is 13.4. The number of ether oxygens (including phenoxy) is 3. The van der Waals surface area contributed by atoms with Crippen LogP contribution in [0.5, 0.6) is 17.2 Å². The van der Waals surface area contributed by atoms with Gasteiger partial charge in [-0.3, -0.25) is 14.5 Å². The summed E-state index contributed by atoms with van der Waals surface area (Å²) in [5, 5.41) is 0. The van der Waals surface area contributed by atoms with Gasteiger partial charge in [0.05, 0.1) is 21.3 Å². The monoisotopic (exact) mass is 317 g/mol. The Labute approximate surface area is 134 Å². The molecule has 0 aliphatic carbocycles. The summed E-state index contributed by atoms with van der Waals surface area (Å²) in [7, 11) is 4.57. The first-order valence-corrected chi connectivity index (χ1v) is 7.10. The van der Waals surface area contributed by atoms with Crippen LogP contribution < -0.4 is 14.2 Å². The SMILES string of the molecule is COc1cc(/C=C\C(=O)N2CCC=CC2=O)cc(OC)c1OC. The van der Waals surface area contributed by atoms with Crippen LogP contribution in [0, 0.1) is 0 Å². The first kappa shape index (κ1) is 16.6. The fourth-order valence-corrected chi connectivity index (χ4v) is 2.26. The van der Waals surface area contributed by atoms with E-state index in [9.17, 15) is 9.59 Å². The minimum atomic E-state index is -0.354. The van der Waals surface area contributed by atoms with E-state index in [1.807, 2.05) is 0 Å². The quantitative estimate of drug-likeness (QED) is 0.778. The van der Waals surface area contributed by atoms with E-state index in [-0.39, 0.29) is 11.8 Å². The van der Waals surface area contributed by atoms with E-state index in [0.717, 1.165) is 0 Å². The van der Waals surface area contributed by atoms with Gasteiger partial charge in [0, 0.05) is 12.6 Å². The predicted octanol–water partition coefficient (Wildman–Crippen LogP) is 2.04. The molecule has 2 amide bonds. The Morgan fingerprint density at radius 2 is 1.78 bits per heavy atom. The van der Waals surface area contributed by atoms with E-state index < -0.39 is 0 Å². The standard InChI is InChI=1S/C17H19NO5/c1-21-13-10-12(11-14(22-2)17(13)23-3)7-8-16(20)18-9-5-4-6-15(18)19/h4,6-8,10-11H,5,9H2,1-3H3/b8-7-. The molecule has 0 spiro atoms. The smallest absolute Gasteiger partial charge is 0.253 e. The van der Waals surface area contributed by atoms with Crippen LogP contribution in [0.3, 0.4) is 0 Å². The first-order chi connectivity index (χ1) is 11.1. The zero-order chi connectivity index (χ0) is 16.8. The average molecular weight is 317 g/mol. The highest BCUT2D eigenvalue weighted by atomic mass is 16.5. The summed E-state index contributed by atoms with van der Waals surface area (Å²) in [5.74, 6) is 0.825. The van der Waals surface area contributed by atoms with Gasteiger partial charge in [0.1, 0.15) is 0 Å². The fourth-order valence-electron chi connectivity index (χ4n) is 2.26. The Hall–Kier alpha value is -2.76. The predicted molar refractivity (Wildman–Crippen MR) is 85.6 cm³/mol. The van der Waals surface area contributed by atoms with Gasteiger partial charge in [-0.15, -0.1) is 0 Å². The summed E-state index contributed by atoms with van der Waals surface area (Å²) in [4.78, 5) is 25.0. The highest BCUT2D eigenvalue weighted by molar-refractivity contribution is 6.06. The van der Waals surface area contributed by atoms with Crippen molar-refractivity contribution in [2.24, 2.45) is 0 Å². The molecule has 1 aromatic rings. The van der Waals surface area contributed by atoms with Crippen molar-refractivity contribution in [3.05, 3.63) is 35.9 Å². The molecule has 0 saturated heterocycles. The van der Waals surface area contributed by atoms with Gasteiger partial charge in [-0.25, -0.2) is 0 Å². The number of nitrogens with zero attached hydrogens (tertiary/aromatic N) is 1. The lowest BCUT2D eigenvalue weighted by Gasteiger charge is -2.19. The molecule has 0 aromatic heterocycles. The zero-order valence-corrected chi connectivity index (χ0v) is 13.4. The summed E-state index contributed by atoms with van der Waals surface area (Å²) in [6.45, 7) is 0.397. The number of carbonyl (C=O) groups excluding carboxylic acids is 2. The van der Waals surface area contributed by atoms with Crippen molar-refractivity contribution in [2.75, 3.05) is 27.9 Å². The van der Waals surface area contributed by atoms with Gasteiger partial charge in [0.15, 0.2) is 11.5 Å². The lowest BCUT2D eigenvalue weighted by molar-refractivity contribution is -0.139. The Balaban J connectivity index is 2.23. The molecular weight excluding hydrogens is 298 g/mol. The van der Waals surface area contributed by atoms with Crippen LogP contribution in [0.1, 0.15) is 12.0 Å². The van der Waals surface area contributed by atoms with Crippen molar-refractivity contribution >= 4 is 17.9 Å². The van der Waals surface area contributed by atoms with Crippen LogP contribution in [0.2, 0.25) is 0 Å². The number of methoxy groups -OCH3 is 3. The summed E-state index contributed by atoms with van der Waals surface area (Å²) >= 11 is 0. The van der Waals surface area contributed by atoms with Gasteiger partial charge in [-0.2, -0.15) is 0 Å². The molecule has 6 nitrogen and oxygen atoms in total. The normalized spacial score (nSPS) is 14.2. The van der Waals surface area contributed by atoms with Gasteiger partial charge in [0.25, 0.3) is 11.8 Å². The van der Waals surface area contributed by atoms with Gasteiger partial charge in [0.2, 0.25) is 5.75 Å². The largest absolute Gasteiger partial charge is 0.493 e. The fraction of sp³-hybridized carbons (Fsp3) is 0.294. The maximum atomic E-state index is 12.1. The molecule has 0 fully saturated rings. The molecule has 0 saturated carbocycles. The number of hydrogen-bond donors (Lipinski definition) is 0. The molecule has 1 aromatic carbocycles. The van der Waals surface area contributed by atoms with E-state index in [4.69, 9.17) is 14.2 Å². The highest BCUT2D eigenvalue weighted by Gasteiger charge is 2.19. The Morgan fingerprint density at radius 1 is 1.13 bits per heavy atom. The van der Waals surface area contributed by atoms with Crippen molar-refractivity contribution < 1.29 is 23.8 Å². The van der Waals surface area contributed by atoms with Crippen LogP contribution >= 0.6 is 0 Å². The van der Waals surface area contributed by atoms with E-state index in [1.54, 1.807) is 24.3 Å². The maximum absolute atomic E-state index is 12.1. The molecule has 0 radical (unpaired) electrons. The molecule has 23 heavy (non-hydrogen) atoms. The summed E-state index contributed by atoms with van der Waals surface area (Å²) in [6, 6.07) is 3.45. The average Bonchev–Trinajstić information content (AvgIpc) is 2.58. The van der Waals surface area contributed by atoms with Crippen molar-refractivity contribution in [1.29, 1.82) is 0 Å². The van der Waals surface area contributed by atoms with Crippen molar-refractivity contribution in [3.8, 4) is 17.2 Å². The van der Waals surface area contributed by atoms with Gasteiger partial charge >= 0.3 is 0 Å². The minimum absolute atomic E-state index is 0.296. The van der Waals surface area contributed by atoms with Crippen LogP contribution in [-0.2, 0) is 9.59 Å². The Bertz CT molecular complexity index is 638. The van der Waals surface area contributed by atoms with Crippen molar-refractivity contribution in [2.45, 2.75) is 6.42 Å². The molecule has 0 bridgehead atoms. The third-order valence-electron chi connectivity index (χ3n) is 3.42. The van der Waals surface area contributed by atoms with Crippen LogP contribution in [0.15, 0.2) is 30.4 Å². The minimum Gasteiger partial charge on any atom is -0.493 e. The van der Waals surface area contributed by atoms with Crippen LogP contribution in [-0.4, -0.2) is 44.6 Å². The number of carbonyl (C=O) groups is 2. The third kappa shape index (κ3) is 3.71. The van der Waals surface area contributed by atoms with Crippen LogP contribution in [0.4, 0.5) is 0 Å². The number of hydrogen-bond acceptors (Lipinski definition) is 5. The maximum Gasteiger partial charge on any atom is 0.253 e. The first-order valence-electron chi connectivity index (χ1n) is 7.10. The molecule has 2 rings (SSSR count). The van der Waals surface area contributed by atoms with Gasteiger partial charge < -0.3 is 14.2 Å². The number of amides is 2. The van der Waals surface area contributed by atoms with Crippen molar-refractivity contribution in [1.82, 2.24) is 4.90 Å². The topological polar surface area (TPSA) is 65.1 Å². The van der Waals surface area contributed by atoms with E-state index >= 15 is 0 Å². The molecule has 122 valence electrons. The second-order valence-electron chi connectivity index (χ2n) is 4.81. The second-order valence-corrected chi connectivity index (χ2v) is 4.81. The van der Waals surface area contributed by atoms with Crippen LogP contribution in [0.25, 0.3) is 6.08 Å². The number of benzene rings is 1. The summed E-state index contributed by atoms with van der Waals surface area (Å²) in [5.41, 5.74) is 0.702. The summed E-state index contributed by atoms with van der Waals surface area (Å²) in [6.07, 6.45) is 6.81. The third-order valence-corrected chi connectivity index (χ3v) is 3.42. The van der Waals surface area contributed by atoms with Crippen molar-refractivity contribution in [3.63, 3.8) is 0 Å². The number of imide groups is 1. The Morgan fingerprint density at radius 3 is 2.30 bits per heavy atom. The molecule has 0 unspecified atom stereocenters. The highest BCUT2D eigenvalue weighted by Crippen LogP contribution is 2.38. The molecule has 1 heterocycles. The molecule has 0 N–H and O–H groups in total. The Kier molecular flexibility index (Phi) is 5.41. The number of rotatable bonds is 5. The van der Waals surface area contributed by atoms with E-state index in [0.29, 0.717) is 35.8 Å².